The average molecular weight is 333 g/mol. The van der Waals surface area contributed by atoms with Crippen LogP contribution in [0.3, 0.4) is 0 Å². The Balaban J connectivity index is 1.99. The number of hydrogen-bond donors (Lipinski definition) is 1. The van der Waals surface area contributed by atoms with Crippen LogP contribution < -0.4 is 0 Å². The zero-order chi connectivity index (χ0) is 18.0. The van der Waals surface area contributed by atoms with Crippen molar-refractivity contribution < 1.29 is 5.11 Å². The van der Waals surface area contributed by atoms with E-state index in [0.717, 1.165) is 24.9 Å². The molecule has 2 nitrogen and oxygen atoms in total. The Kier molecular flexibility index (Phi) is 4.98. The molecule has 0 amide bonds. The zero-order valence-electron chi connectivity index (χ0n) is 15.6. The van der Waals surface area contributed by atoms with E-state index in [9.17, 15) is 5.11 Å². The monoisotopic (exact) mass is 333 g/mol. The molecule has 0 aliphatic carbocycles. The summed E-state index contributed by atoms with van der Waals surface area (Å²) in [6.45, 7) is 9.44. The summed E-state index contributed by atoms with van der Waals surface area (Å²) in [7, 11) is 0. The fourth-order valence-electron chi connectivity index (χ4n) is 3.34. The van der Waals surface area contributed by atoms with Crippen molar-refractivity contribution in [2.45, 2.75) is 47.1 Å². The van der Waals surface area contributed by atoms with Gasteiger partial charge in [0.1, 0.15) is 5.75 Å². The van der Waals surface area contributed by atoms with Gasteiger partial charge in [-0.05, 0) is 64.8 Å². The van der Waals surface area contributed by atoms with Gasteiger partial charge in [-0.25, -0.2) is 0 Å². The lowest BCUT2D eigenvalue weighted by atomic mass is 10.1. The topological polar surface area (TPSA) is 25.2 Å². The quantitative estimate of drug-likeness (QED) is 0.530. The van der Waals surface area contributed by atoms with Crippen LogP contribution in [0.4, 0.5) is 0 Å². The summed E-state index contributed by atoms with van der Waals surface area (Å²) < 4.78 is 2.30. The van der Waals surface area contributed by atoms with Crippen molar-refractivity contribution in [3.05, 3.63) is 65.3 Å². The number of phenols is 1. The smallest absolute Gasteiger partial charge is 0.117 e. The van der Waals surface area contributed by atoms with Crippen LogP contribution in [0.15, 0.2) is 59.7 Å². The molecule has 130 valence electrons. The molecule has 0 aliphatic rings. The van der Waals surface area contributed by atoms with E-state index in [4.69, 9.17) is 0 Å². The van der Waals surface area contributed by atoms with Crippen molar-refractivity contribution in [3.8, 4) is 5.75 Å². The Bertz CT molecular complexity index is 969. The van der Waals surface area contributed by atoms with Gasteiger partial charge in [0.25, 0.3) is 0 Å². The van der Waals surface area contributed by atoms with Gasteiger partial charge >= 0.3 is 0 Å². The van der Waals surface area contributed by atoms with E-state index in [0.29, 0.717) is 5.75 Å². The van der Waals surface area contributed by atoms with Crippen LogP contribution in [-0.4, -0.2) is 9.67 Å². The van der Waals surface area contributed by atoms with Crippen molar-refractivity contribution in [3.63, 3.8) is 0 Å². The molecule has 0 fully saturated rings. The van der Waals surface area contributed by atoms with Gasteiger partial charge in [0.15, 0.2) is 0 Å². The molecule has 0 saturated carbocycles. The molecule has 0 radical (unpaired) electrons. The van der Waals surface area contributed by atoms with Crippen LogP contribution in [-0.2, 0) is 6.54 Å². The fraction of sp³-hybridized carbons (Fsp3) is 0.304. The maximum absolute atomic E-state index is 9.94. The molecule has 1 aromatic heterocycles. The minimum absolute atomic E-state index is 0.317. The largest absolute Gasteiger partial charge is 0.508 e. The summed E-state index contributed by atoms with van der Waals surface area (Å²) in [5.41, 5.74) is 6.35. The standard InChI is InChI=1S/C23H27NO/c1-16(2)6-5-7-17(3)12-13-24-22-11-8-18(4)14-21(22)20-10-9-19(25)15-23(20)24/h6,8-12,14-15,25H,5,7,13H2,1-4H3/b17-12+. The van der Waals surface area contributed by atoms with Crippen molar-refractivity contribution in [1.82, 2.24) is 4.57 Å². The first-order valence-electron chi connectivity index (χ1n) is 8.96. The fourth-order valence-corrected chi connectivity index (χ4v) is 3.34. The van der Waals surface area contributed by atoms with Crippen molar-refractivity contribution in [2.75, 3.05) is 0 Å². The molecule has 1 N–H and O–H groups in total. The van der Waals surface area contributed by atoms with Gasteiger partial charge in [0.05, 0.1) is 5.52 Å². The molecule has 1 heterocycles. The normalized spacial score (nSPS) is 12.1. The van der Waals surface area contributed by atoms with Gasteiger partial charge in [0.2, 0.25) is 0 Å². The first kappa shape index (κ1) is 17.3. The van der Waals surface area contributed by atoms with Crippen molar-refractivity contribution in [1.29, 1.82) is 0 Å². The van der Waals surface area contributed by atoms with Gasteiger partial charge in [0, 0.05) is 28.9 Å². The lowest BCUT2D eigenvalue weighted by Gasteiger charge is -2.06. The van der Waals surface area contributed by atoms with E-state index in [1.54, 1.807) is 6.07 Å². The average Bonchev–Trinajstić information content (AvgIpc) is 2.84. The number of aryl methyl sites for hydroxylation is 1. The second-order valence-electron chi connectivity index (χ2n) is 7.20. The summed E-state index contributed by atoms with van der Waals surface area (Å²) in [5, 5.41) is 12.4. The van der Waals surface area contributed by atoms with Crippen LogP contribution in [0.1, 0.15) is 39.2 Å². The first-order chi connectivity index (χ1) is 12.0. The molecule has 25 heavy (non-hydrogen) atoms. The van der Waals surface area contributed by atoms with E-state index in [-0.39, 0.29) is 0 Å². The maximum Gasteiger partial charge on any atom is 0.117 e. The number of aromatic hydroxyl groups is 1. The highest BCUT2D eigenvalue weighted by atomic mass is 16.3. The number of benzene rings is 2. The Morgan fingerprint density at radius 3 is 2.52 bits per heavy atom. The van der Waals surface area contributed by atoms with Gasteiger partial charge in [-0.1, -0.05) is 34.9 Å². The highest BCUT2D eigenvalue weighted by Gasteiger charge is 2.10. The van der Waals surface area contributed by atoms with E-state index < -0.39 is 0 Å². The number of phenolic OH excluding ortho intramolecular Hbond substituents is 1. The lowest BCUT2D eigenvalue weighted by Crippen LogP contribution is -1.95. The molecule has 2 heteroatoms. The third-order valence-corrected chi connectivity index (χ3v) is 4.72. The summed E-state index contributed by atoms with van der Waals surface area (Å²) in [6, 6.07) is 12.2. The number of aromatic nitrogens is 1. The molecule has 0 atom stereocenters. The third-order valence-electron chi connectivity index (χ3n) is 4.72. The number of allylic oxidation sites excluding steroid dienone is 4. The molecule has 3 aromatic rings. The Morgan fingerprint density at radius 2 is 1.76 bits per heavy atom. The molecule has 0 unspecified atom stereocenters. The van der Waals surface area contributed by atoms with Gasteiger partial charge in [-0.3, -0.25) is 0 Å². The van der Waals surface area contributed by atoms with E-state index in [1.165, 1.54) is 33.0 Å². The number of rotatable bonds is 5. The zero-order valence-corrected chi connectivity index (χ0v) is 15.6. The number of hydrogen-bond acceptors (Lipinski definition) is 1. The van der Waals surface area contributed by atoms with Crippen LogP contribution in [0.2, 0.25) is 0 Å². The van der Waals surface area contributed by atoms with E-state index >= 15 is 0 Å². The number of fused-ring (bicyclic) bond motifs is 3. The van der Waals surface area contributed by atoms with Crippen molar-refractivity contribution >= 4 is 21.8 Å². The van der Waals surface area contributed by atoms with E-state index in [1.807, 2.05) is 12.1 Å². The highest BCUT2D eigenvalue weighted by Crippen LogP contribution is 2.32. The molecular formula is C23H27NO. The molecule has 3 rings (SSSR count). The second-order valence-corrected chi connectivity index (χ2v) is 7.20. The molecule has 0 bridgehead atoms. The maximum atomic E-state index is 9.94. The minimum Gasteiger partial charge on any atom is -0.508 e. The van der Waals surface area contributed by atoms with Crippen LogP contribution in [0.5, 0.6) is 5.75 Å². The molecule has 0 aliphatic heterocycles. The molecular weight excluding hydrogens is 306 g/mol. The van der Waals surface area contributed by atoms with Gasteiger partial charge in [-0.2, -0.15) is 0 Å². The van der Waals surface area contributed by atoms with E-state index in [2.05, 4.69) is 62.6 Å². The SMILES string of the molecule is CC(C)=CCC/C(C)=C/Cn1c2ccc(C)cc2c2ccc(O)cc21. The summed E-state index contributed by atoms with van der Waals surface area (Å²) in [5.74, 6) is 0.317. The molecule has 0 saturated heterocycles. The van der Waals surface area contributed by atoms with Gasteiger partial charge < -0.3 is 9.67 Å². The first-order valence-corrected chi connectivity index (χ1v) is 8.96. The molecule has 0 spiro atoms. The summed E-state index contributed by atoms with van der Waals surface area (Å²) in [4.78, 5) is 0. The van der Waals surface area contributed by atoms with Crippen LogP contribution in [0, 0.1) is 6.92 Å². The minimum atomic E-state index is 0.317. The summed E-state index contributed by atoms with van der Waals surface area (Å²) >= 11 is 0. The van der Waals surface area contributed by atoms with Crippen LogP contribution in [0.25, 0.3) is 21.8 Å². The second kappa shape index (κ2) is 7.18. The van der Waals surface area contributed by atoms with Crippen molar-refractivity contribution in [2.24, 2.45) is 0 Å². The number of nitrogens with zero attached hydrogens (tertiary/aromatic N) is 1. The Hall–Kier alpha value is -2.48. The molecule has 2 aromatic carbocycles. The highest BCUT2D eigenvalue weighted by molar-refractivity contribution is 6.08. The lowest BCUT2D eigenvalue weighted by molar-refractivity contribution is 0.476. The van der Waals surface area contributed by atoms with Gasteiger partial charge in [-0.15, -0.1) is 0 Å². The van der Waals surface area contributed by atoms with Crippen LogP contribution >= 0.6 is 0 Å². The summed E-state index contributed by atoms with van der Waals surface area (Å²) in [6.07, 6.45) is 6.78. The Morgan fingerprint density at radius 1 is 0.960 bits per heavy atom. The third kappa shape index (κ3) is 3.79. The predicted molar refractivity (Wildman–Crippen MR) is 108 cm³/mol. The predicted octanol–water partition coefficient (Wildman–Crippen LogP) is 6.50. The Labute approximate surface area is 150 Å².